The number of thiophene rings is 1. The summed E-state index contributed by atoms with van der Waals surface area (Å²) in [6.07, 6.45) is 5.29. The highest BCUT2D eigenvalue weighted by molar-refractivity contribution is 7.12. The number of hydrogen-bond donors (Lipinski definition) is 0. The summed E-state index contributed by atoms with van der Waals surface area (Å²) in [6.45, 7) is 2.48. The number of aryl methyl sites for hydroxylation is 1. The molecule has 0 amide bonds. The van der Waals surface area contributed by atoms with Gasteiger partial charge in [0.15, 0.2) is 0 Å². The van der Waals surface area contributed by atoms with Crippen molar-refractivity contribution in [3.8, 4) is 0 Å². The van der Waals surface area contributed by atoms with Gasteiger partial charge >= 0.3 is 0 Å². The van der Waals surface area contributed by atoms with Gasteiger partial charge in [0, 0.05) is 9.75 Å². The van der Waals surface area contributed by atoms with Crippen molar-refractivity contribution < 1.29 is 4.79 Å². The summed E-state index contributed by atoms with van der Waals surface area (Å²) >= 11 is 1.72. The minimum absolute atomic E-state index is 0.417. The molecule has 1 aromatic heterocycles. The molecule has 0 aliphatic heterocycles. The molecule has 3 heteroatoms. The van der Waals surface area contributed by atoms with Gasteiger partial charge < -0.3 is 0 Å². The maximum Gasteiger partial charge on any atom is 0.235 e. The van der Waals surface area contributed by atoms with Crippen molar-refractivity contribution in [2.45, 2.75) is 6.92 Å². The first-order valence-electron chi connectivity index (χ1n) is 3.59. The summed E-state index contributed by atoms with van der Waals surface area (Å²) in [4.78, 5) is 15.6. The normalized spacial score (nSPS) is 10.1. The predicted octanol–water partition coefficient (Wildman–Crippen LogP) is 2.41. The van der Waals surface area contributed by atoms with E-state index in [0.29, 0.717) is 6.54 Å². The summed E-state index contributed by atoms with van der Waals surface area (Å²) in [7, 11) is 0. The molecule has 12 heavy (non-hydrogen) atoms. The lowest BCUT2D eigenvalue weighted by molar-refractivity contribution is 0.564. The third-order valence-electron chi connectivity index (χ3n) is 1.30. The zero-order chi connectivity index (χ0) is 8.81. The second-order valence-corrected chi connectivity index (χ2v) is 3.60. The van der Waals surface area contributed by atoms with Crippen LogP contribution in [0.5, 0.6) is 0 Å². The van der Waals surface area contributed by atoms with Crippen LogP contribution in [0.2, 0.25) is 0 Å². The maximum absolute atomic E-state index is 9.70. The van der Waals surface area contributed by atoms with Crippen LogP contribution in [-0.4, -0.2) is 12.6 Å². The van der Waals surface area contributed by atoms with Gasteiger partial charge in [-0.25, -0.2) is 9.79 Å². The molecule has 0 spiro atoms. The van der Waals surface area contributed by atoms with Crippen LogP contribution < -0.4 is 0 Å². The van der Waals surface area contributed by atoms with Crippen LogP contribution in [-0.2, 0) is 4.79 Å². The van der Waals surface area contributed by atoms with Crippen LogP contribution in [0.1, 0.15) is 9.75 Å². The van der Waals surface area contributed by atoms with Gasteiger partial charge in [0.1, 0.15) is 0 Å². The largest absolute Gasteiger partial charge is 0.235 e. The third-order valence-corrected chi connectivity index (χ3v) is 2.27. The molecule has 2 nitrogen and oxygen atoms in total. The lowest BCUT2D eigenvalue weighted by Crippen LogP contribution is -1.67. The molecule has 0 N–H and O–H groups in total. The number of aliphatic imine (C=N–C) groups is 1. The van der Waals surface area contributed by atoms with Crippen molar-refractivity contribution in [3.63, 3.8) is 0 Å². The first-order chi connectivity index (χ1) is 5.83. The van der Waals surface area contributed by atoms with E-state index in [-0.39, 0.29) is 0 Å². The lowest BCUT2D eigenvalue weighted by Gasteiger charge is -1.80. The fourth-order valence-electron chi connectivity index (χ4n) is 0.802. The highest BCUT2D eigenvalue weighted by Crippen LogP contribution is 2.15. The van der Waals surface area contributed by atoms with E-state index in [0.717, 1.165) is 0 Å². The van der Waals surface area contributed by atoms with Crippen LogP contribution in [0.4, 0.5) is 0 Å². The van der Waals surface area contributed by atoms with Crippen LogP contribution in [0.15, 0.2) is 23.2 Å². The fourth-order valence-corrected chi connectivity index (χ4v) is 1.61. The zero-order valence-electron chi connectivity index (χ0n) is 6.78. The van der Waals surface area contributed by atoms with Crippen molar-refractivity contribution in [2.75, 3.05) is 6.54 Å². The first-order valence-corrected chi connectivity index (χ1v) is 4.41. The summed E-state index contributed by atoms with van der Waals surface area (Å²) in [5.74, 6) is 0. The Hall–Kier alpha value is -1.18. The number of nitrogens with zero attached hydrogens (tertiary/aromatic N) is 1. The molecule has 0 fully saturated rings. The minimum Gasteiger partial charge on any atom is -0.211 e. The van der Waals surface area contributed by atoms with Crippen LogP contribution in [0.25, 0.3) is 6.08 Å². The average molecular weight is 179 g/mol. The van der Waals surface area contributed by atoms with Crippen LogP contribution in [0, 0.1) is 6.92 Å². The molecule has 0 bridgehead atoms. The second kappa shape index (κ2) is 4.65. The van der Waals surface area contributed by atoms with Crippen molar-refractivity contribution in [2.24, 2.45) is 4.99 Å². The number of isocyanates is 1. The smallest absolute Gasteiger partial charge is 0.211 e. The van der Waals surface area contributed by atoms with E-state index >= 15 is 0 Å². The molecule has 0 atom stereocenters. The van der Waals surface area contributed by atoms with Crippen molar-refractivity contribution >= 4 is 23.5 Å². The molecule has 1 heterocycles. The first kappa shape index (κ1) is 8.91. The summed E-state index contributed by atoms with van der Waals surface area (Å²) in [6, 6.07) is 4.11. The number of rotatable bonds is 3. The number of hydrogen-bond acceptors (Lipinski definition) is 3. The van der Waals surface area contributed by atoms with E-state index in [4.69, 9.17) is 0 Å². The molecule has 0 saturated carbocycles. The van der Waals surface area contributed by atoms with Gasteiger partial charge in [0.2, 0.25) is 6.08 Å². The standard InChI is InChI=1S/C9H9NOS/c1-8-4-5-9(12-8)3-2-6-10-7-11/h2-5H,6H2,1H3/b3-2-. The van der Waals surface area contributed by atoms with E-state index in [9.17, 15) is 4.79 Å². The van der Waals surface area contributed by atoms with Crippen molar-refractivity contribution in [1.82, 2.24) is 0 Å². The summed E-state index contributed by atoms with van der Waals surface area (Å²) in [5, 5.41) is 0. The molecule has 62 valence electrons. The predicted molar refractivity (Wildman–Crippen MR) is 51.1 cm³/mol. The van der Waals surface area contributed by atoms with Crippen molar-refractivity contribution in [3.05, 3.63) is 28.0 Å². The average Bonchev–Trinajstić information content (AvgIpc) is 2.45. The molecule has 0 radical (unpaired) electrons. The van der Waals surface area contributed by atoms with Gasteiger partial charge in [-0.3, -0.25) is 0 Å². The topological polar surface area (TPSA) is 29.4 Å². The Balaban J connectivity index is 2.51. The Morgan fingerprint density at radius 2 is 2.50 bits per heavy atom. The Kier molecular flexibility index (Phi) is 3.45. The third kappa shape index (κ3) is 2.82. The summed E-state index contributed by atoms with van der Waals surface area (Å²) < 4.78 is 0. The molecule has 1 rings (SSSR count). The van der Waals surface area contributed by atoms with E-state index < -0.39 is 0 Å². The summed E-state index contributed by atoms with van der Waals surface area (Å²) in [5.41, 5.74) is 0. The van der Waals surface area contributed by atoms with Gasteiger partial charge in [-0.2, -0.15) is 0 Å². The Bertz CT molecular complexity index is 321. The van der Waals surface area contributed by atoms with Gasteiger partial charge in [-0.1, -0.05) is 6.08 Å². The Labute approximate surface area is 75.3 Å². The molecular weight excluding hydrogens is 170 g/mol. The quantitative estimate of drug-likeness (QED) is 0.517. The Morgan fingerprint density at radius 1 is 1.67 bits per heavy atom. The highest BCUT2D eigenvalue weighted by Gasteiger charge is 1.89. The zero-order valence-corrected chi connectivity index (χ0v) is 7.60. The monoisotopic (exact) mass is 179 g/mol. The maximum atomic E-state index is 9.70. The highest BCUT2D eigenvalue weighted by atomic mass is 32.1. The van der Waals surface area contributed by atoms with Crippen molar-refractivity contribution in [1.29, 1.82) is 0 Å². The molecule has 0 aliphatic carbocycles. The second-order valence-electron chi connectivity index (χ2n) is 2.28. The van der Waals surface area contributed by atoms with Gasteiger partial charge in [0.25, 0.3) is 0 Å². The minimum atomic E-state index is 0.417. The van der Waals surface area contributed by atoms with E-state index in [1.165, 1.54) is 15.8 Å². The van der Waals surface area contributed by atoms with Crippen LogP contribution in [0.3, 0.4) is 0 Å². The Morgan fingerprint density at radius 3 is 3.08 bits per heavy atom. The van der Waals surface area contributed by atoms with Gasteiger partial charge in [-0.15, -0.1) is 11.3 Å². The fraction of sp³-hybridized carbons (Fsp3) is 0.222. The molecular formula is C9H9NOS. The molecule has 1 aromatic rings. The van der Waals surface area contributed by atoms with E-state index in [1.807, 2.05) is 18.2 Å². The lowest BCUT2D eigenvalue weighted by atomic mass is 10.4. The molecule has 0 aromatic carbocycles. The molecule has 0 unspecified atom stereocenters. The van der Waals surface area contributed by atoms with Gasteiger partial charge in [-0.05, 0) is 25.1 Å². The van der Waals surface area contributed by atoms with Crippen LogP contribution >= 0.6 is 11.3 Å². The number of carbonyl (C=O) groups excluding carboxylic acids is 1. The molecule has 0 aliphatic rings. The van der Waals surface area contributed by atoms with E-state index in [2.05, 4.69) is 18.0 Å². The van der Waals surface area contributed by atoms with Gasteiger partial charge in [0.05, 0.1) is 6.54 Å². The SMILES string of the molecule is Cc1ccc(/C=C\CN=C=O)s1. The molecule has 0 saturated heterocycles. The van der Waals surface area contributed by atoms with E-state index in [1.54, 1.807) is 11.3 Å².